The quantitative estimate of drug-likeness (QED) is 0.536. The number of carbonyl (C=O) groups is 4. The van der Waals surface area contributed by atoms with Gasteiger partial charge in [-0.2, -0.15) is 0 Å². The summed E-state index contributed by atoms with van der Waals surface area (Å²) in [7, 11) is 0. The van der Waals surface area contributed by atoms with Gasteiger partial charge in [-0.15, -0.1) is 11.6 Å². The summed E-state index contributed by atoms with van der Waals surface area (Å²) in [5.74, 6) is -13.7. The van der Waals surface area contributed by atoms with Gasteiger partial charge in [-0.25, -0.2) is 0 Å². The topological polar surface area (TPSA) is 149 Å². The van der Waals surface area contributed by atoms with Gasteiger partial charge in [0.15, 0.2) is 0 Å². The Morgan fingerprint density at radius 3 is 1.43 bits per heavy atom. The first-order chi connectivity index (χ1) is 10.4. The van der Waals surface area contributed by atoms with E-state index in [1.165, 1.54) is 6.92 Å². The molecule has 126 valence electrons. The fraction of sp³-hybridized carbons (Fsp3) is 0.538. The number of halogens is 2. The van der Waals surface area contributed by atoms with Gasteiger partial charge >= 0.3 is 23.9 Å². The standard InChI is InChI=1S/C13H12Cl2O8/c1-12-2-3(14)13(15,6(10(20)21)4(12)8(16)17)7(11(22)23)5(12)9(18)19/h2,4-7H,1H3,(H,16,17)(H,18,19)(H,20,21)(H,22,23)/t4-,5+,6-,7-,12?,13?/m0/s1. The number of hydrogen-bond donors (Lipinski definition) is 4. The molecule has 4 N–H and O–H groups in total. The highest BCUT2D eigenvalue weighted by atomic mass is 35.5. The van der Waals surface area contributed by atoms with Crippen LogP contribution in [0.1, 0.15) is 6.92 Å². The van der Waals surface area contributed by atoms with Crippen molar-refractivity contribution >= 4 is 47.1 Å². The monoisotopic (exact) mass is 366 g/mol. The van der Waals surface area contributed by atoms with E-state index >= 15 is 0 Å². The molecule has 3 aliphatic carbocycles. The van der Waals surface area contributed by atoms with E-state index in [0.29, 0.717) is 0 Å². The van der Waals surface area contributed by atoms with Gasteiger partial charge in [0.2, 0.25) is 0 Å². The lowest BCUT2D eigenvalue weighted by atomic mass is 9.46. The van der Waals surface area contributed by atoms with Gasteiger partial charge < -0.3 is 20.4 Å². The molecule has 0 aromatic heterocycles. The molecular weight excluding hydrogens is 355 g/mol. The zero-order valence-corrected chi connectivity index (χ0v) is 13.1. The summed E-state index contributed by atoms with van der Waals surface area (Å²) in [6, 6.07) is 0. The highest BCUT2D eigenvalue weighted by Crippen LogP contribution is 2.66. The van der Waals surface area contributed by atoms with Crippen LogP contribution in [0.3, 0.4) is 0 Å². The maximum absolute atomic E-state index is 11.6. The van der Waals surface area contributed by atoms with Crippen LogP contribution in [0, 0.1) is 29.1 Å². The first kappa shape index (κ1) is 17.6. The fourth-order valence-electron chi connectivity index (χ4n) is 3.91. The summed E-state index contributed by atoms with van der Waals surface area (Å²) in [6.07, 6.45) is 1.07. The summed E-state index contributed by atoms with van der Waals surface area (Å²) in [6.45, 7) is 1.18. The lowest BCUT2D eigenvalue weighted by Gasteiger charge is -2.58. The number of fused-ring (bicyclic) bond motifs is 2. The number of allylic oxidation sites excluding steroid dienone is 2. The molecule has 0 amide bonds. The van der Waals surface area contributed by atoms with Crippen LogP contribution in [-0.2, 0) is 19.2 Å². The third-order valence-corrected chi connectivity index (χ3v) is 5.97. The predicted octanol–water partition coefficient (Wildman–Crippen LogP) is 0.923. The Bertz CT molecular complexity index is 614. The van der Waals surface area contributed by atoms with Crippen LogP contribution in [-0.4, -0.2) is 49.2 Å². The van der Waals surface area contributed by atoms with Crippen LogP contribution < -0.4 is 0 Å². The van der Waals surface area contributed by atoms with Gasteiger partial charge in [0.1, 0.15) is 4.87 Å². The zero-order chi connectivity index (χ0) is 17.9. The second-order valence-electron chi connectivity index (χ2n) is 5.89. The maximum Gasteiger partial charge on any atom is 0.309 e. The van der Waals surface area contributed by atoms with Crippen molar-refractivity contribution in [1.29, 1.82) is 0 Å². The van der Waals surface area contributed by atoms with E-state index < -0.39 is 57.8 Å². The molecule has 0 saturated heterocycles. The molecule has 10 heteroatoms. The minimum atomic E-state index is -2.36. The molecule has 0 aromatic carbocycles. The highest BCUT2D eigenvalue weighted by Gasteiger charge is 2.74. The Labute approximate surface area is 139 Å². The Morgan fingerprint density at radius 1 is 0.870 bits per heavy atom. The van der Waals surface area contributed by atoms with Gasteiger partial charge in [0.05, 0.1) is 23.7 Å². The number of hydrogen-bond acceptors (Lipinski definition) is 4. The van der Waals surface area contributed by atoms with Gasteiger partial charge in [0, 0.05) is 10.4 Å². The van der Waals surface area contributed by atoms with E-state index in [-0.39, 0.29) is 5.03 Å². The minimum absolute atomic E-state index is 0.364. The van der Waals surface area contributed by atoms with Crippen LogP contribution in [0.5, 0.6) is 0 Å². The van der Waals surface area contributed by atoms with Gasteiger partial charge in [-0.3, -0.25) is 19.2 Å². The summed E-state index contributed by atoms with van der Waals surface area (Å²) in [4.78, 5) is 44.1. The van der Waals surface area contributed by atoms with E-state index in [9.17, 15) is 39.6 Å². The van der Waals surface area contributed by atoms with Gasteiger partial charge in [0.25, 0.3) is 0 Å². The van der Waals surface area contributed by atoms with Crippen molar-refractivity contribution in [3.63, 3.8) is 0 Å². The Kier molecular flexibility index (Phi) is 3.89. The summed E-state index contributed by atoms with van der Waals surface area (Å²) in [5.41, 5.74) is -1.82. The van der Waals surface area contributed by atoms with Crippen LogP contribution in [0.2, 0.25) is 0 Å². The third-order valence-electron chi connectivity index (χ3n) is 4.78. The van der Waals surface area contributed by atoms with E-state index in [2.05, 4.69) is 0 Å². The summed E-state index contributed by atoms with van der Waals surface area (Å²) in [5, 5.41) is 37.4. The molecule has 3 aliphatic rings. The largest absolute Gasteiger partial charge is 0.481 e. The molecule has 0 heterocycles. The van der Waals surface area contributed by atoms with Crippen molar-refractivity contribution in [2.45, 2.75) is 11.8 Å². The van der Waals surface area contributed by atoms with E-state index in [1.54, 1.807) is 0 Å². The normalized spacial score (nSPS) is 42.0. The van der Waals surface area contributed by atoms with E-state index in [4.69, 9.17) is 23.2 Å². The first-order valence-corrected chi connectivity index (χ1v) is 7.15. The minimum Gasteiger partial charge on any atom is -0.481 e. The average molecular weight is 367 g/mol. The van der Waals surface area contributed by atoms with Crippen molar-refractivity contribution in [3.8, 4) is 0 Å². The molecule has 23 heavy (non-hydrogen) atoms. The smallest absolute Gasteiger partial charge is 0.309 e. The average Bonchev–Trinajstić information content (AvgIpc) is 2.36. The molecule has 2 unspecified atom stereocenters. The third kappa shape index (κ3) is 2.05. The first-order valence-electron chi connectivity index (χ1n) is 6.39. The molecule has 0 aliphatic heterocycles. The molecule has 8 nitrogen and oxygen atoms in total. The van der Waals surface area contributed by atoms with E-state index in [0.717, 1.165) is 6.08 Å². The number of rotatable bonds is 4. The molecule has 0 aromatic rings. The van der Waals surface area contributed by atoms with Crippen LogP contribution in [0.15, 0.2) is 11.1 Å². The summed E-state index contributed by atoms with van der Waals surface area (Å²) < 4.78 is 0. The van der Waals surface area contributed by atoms with Crippen molar-refractivity contribution < 1.29 is 39.6 Å². The van der Waals surface area contributed by atoms with Crippen molar-refractivity contribution in [3.05, 3.63) is 11.1 Å². The second-order valence-corrected chi connectivity index (χ2v) is 6.92. The van der Waals surface area contributed by atoms with Crippen LogP contribution in [0.4, 0.5) is 0 Å². The Balaban J connectivity index is 2.88. The lowest BCUT2D eigenvalue weighted by Crippen LogP contribution is -2.69. The fourth-order valence-corrected chi connectivity index (χ4v) is 4.88. The number of carboxylic acids is 4. The predicted molar refractivity (Wildman–Crippen MR) is 75.1 cm³/mol. The molecule has 0 spiro atoms. The molecule has 3 rings (SSSR count). The Morgan fingerprint density at radius 2 is 1.17 bits per heavy atom. The molecule has 0 radical (unpaired) electrons. The van der Waals surface area contributed by atoms with E-state index in [1.807, 2.05) is 0 Å². The van der Waals surface area contributed by atoms with Crippen LogP contribution in [0.25, 0.3) is 0 Å². The molecule has 1 fully saturated rings. The molecular formula is C13H12Cl2O8. The maximum atomic E-state index is 11.6. The number of aliphatic carboxylic acids is 4. The van der Waals surface area contributed by atoms with Crippen molar-refractivity contribution in [2.75, 3.05) is 0 Å². The van der Waals surface area contributed by atoms with Crippen molar-refractivity contribution in [2.24, 2.45) is 29.1 Å². The zero-order valence-electron chi connectivity index (χ0n) is 11.6. The molecule has 2 bridgehead atoms. The summed E-state index contributed by atoms with van der Waals surface area (Å²) >= 11 is 12.2. The Hall–Kier alpha value is -1.80. The van der Waals surface area contributed by atoms with Crippen LogP contribution >= 0.6 is 23.2 Å². The van der Waals surface area contributed by atoms with Crippen molar-refractivity contribution in [1.82, 2.24) is 0 Å². The second kappa shape index (κ2) is 5.10. The SMILES string of the molecule is CC12C=C(Cl)C(Cl)([C@H](C(=O)O)[C@H]1C(=O)O)[C@H](C(=O)O)[C@@H]2C(=O)O. The van der Waals surface area contributed by atoms with Gasteiger partial charge in [-0.1, -0.05) is 24.6 Å². The highest BCUT2D eigenvalue weighted by molar-refractivity contribution is 6.42. The lowest BCUT2D eigenvalue weighted by molar-refractivity contribution is -0.184. The molecule has 6 atom stereocenters. The number of alkyl halides is 1. The molecule has 1 saturated carbocycles. The number of carboxylic acid groups (broad SMARTS) is 4. The van der Waals surface area contributed by atoms with Gasteiger partial charge in [-0.05, 0) is 0 Å².